The van der Waals surface area contributed by atoms with Crippen LogP contribution in [0.25, 0.3) is 0 Å². The van der Waals surface area contributed by atoms with E-state index >= 15 is 0 Å². The highest BCUT2D eigenvalue weighted by Crippen LogP contribution is 2.37. The molecule has 1 fully saturated rings. The van der Waals surface area contributed by atoms with E-state index in [1.165, 1.54) is 36.2 Å². The first-order chi connectivity index (χ1) is 6.25. The van der Waals surface area contributed by atoms with Gasteiger partial charge in [0.1, 0.15) is 0 Å². The predicted octanol–water partition coefficient (Wildman–Crippen LogP) is 1.08. The minimum Gasteiger partial charge on any atom is -0.307 e. The molecule has 3 heterocycles. The third kappa shape index (κ3) is 0.908. The van der Waals surface area contributed by atoms with Crippen molar-refractivity contribution in [1.29, 1.82) is 0 Å². The van der Waals surface area contributed by atoms with Gasteiger partial charge in [-0.25, -0.2) is 0 Å². The van der Waals surface area contributed by atoms with Crippen LogP contribution in [0.15, 0.2) is 0 Å². The van der Waals surface area contributed by atoms with E-state index in [9.17, 15) is 0 Å². The molecule has 3 rings (SSSR count). The van der Waals surface area contributed by atoms with E-state index in [-0.39, 0.29) is 0 Å². The van der Waals surface area contributed by atoms with Crippen molar-refractivity contribution in [3.8, 4) is 0 Å². The molecule has 2 aliphatic rings. The molecule has 1 aromatic heterocycles. The lowest BCUT2D eigenvalue weighted by molar-refractivity contribution is 0.497. The number of nitrogens with one attached hydrogen (secondary N) is 1. The minimum atomic E-state index is 0.599. The van der Waals surface area contributed by atoms with E-state index in [0.29, 0.717) is 12.1 Å². The summed E-state index contributed by atoms with van der Waals surface area (Å²) in [6.45, 7) is 2.12. The molecular weight excluding hydrogens is 162 g/mol. The summed E-state index contributed by atoms with van der Waals surface area (Å²) < 4.78 is 2.07. The van der Waals surface area contributed by atoms with Crippen LogP contribution in [0.3, 0.4) is 0 Å². The van der Waals surface area contributed by atoms with E-state index in [2.05, 4.69) is 29.1 Å². The van der Waals surface area contributed by atoms with Crippen LogP contribution in [0.4, 0.5) is 0 Å². The van der Waals surface area contributed by atoms with Gasteiger partial charge in [-0.2, -0.15) is 5.10 Å². The molecule has 0 aromatic carbocycles. The van der Waals surface area contributed by atoms with Crippen molar-refractivity contribution < 1.29 is 0 Å². The zero-order valence-electron chi connectivity index (χ0n) is 8.17. The van der Waals surface area contributed by atoms with Crippen LogP contribution in [0, 0.1) is 6.92 Å². The maximum absolute atomic E-state index is 4.49. The highest BCUT2D eigenvalue weighted by Gasteiger charge is 2.35. The molecular formula is C10H15N3. The van der Waals surface area contributed by atoms with Gasteiger partial charge in [-0.3, -0.25) is 4.68 Å². The quantitative estimate of drug-likeness (QED) is 0.642. The van der Waals surface area contributed by atoms with Gasteiger partial charge in [-0.05, 0) is 19.8 Å². The second-order valence-electron chi connectivity index (χ2n) is 4.27. The van der Waals surface area contributed by atoms with Crippen molar-refractivity contribution >= 4 is 0 Å². The summed E-state index contributed by atoms with van der Waals surface area (Å²) in [4.78, 5) is 0. The molecule has 0 spiro atoms. The van der Waals surface area contributed by atoms with Gasteiger partial charge in [0.2, 0.25) is 0 Å². The largest absolute Gasteiger partial charge is 0.307 e. The van der Waals surface area contributed by atoms with Crippen LogP contribution in [0.1, 0.15) is 35.8 Å². The van der Waals surface area contributed by atoms with Crippen molar-refractivity contribution in [2.75, 3.05) is 0 Å². The summed E-state index contributed by atoms with van der Waals surface area (Å²) in [5.74, 6) is 0. The molecule has 1 aromatic rings. The van der Waals surface area contributed by atoms with Crippen LogP contribution in [0.5, 0.6) is 0 Å². The summed E-state index contributed by atoms with van der Waals surface area (Å²) in [7, 11) is 2.07. The van der Waals surface area contributed by atoms with Gasteiger partial charge in [0.25, 0.3) is 0 Å². The second-order valence-corrected chi connectivity index (χ2v) is 4.27. The summed E-state index contributed by atoms with van der Waals surface area (Å²) in [6.07, 6.45) is 3.80. The Bertz CT molecular complexity index is 353. The normalized spacial score (nSPS) is 30.6. The molecule has 0 aliphatic carbocycles. The molecule has 2 bridgehead atoms. The standard InChI is InChI=1S/C10H15N3/c1-6-10-8-4-3-7(11-8)5-9(10)13(2)12-6/h7-8,11H,3-5H2,1-2H3/t7-,8-/m0/s1. The predicted molar refractivity (Wildman–Crippen MR) is 50.5 cm³/mol. The van der Waals surface area contributed by atoms with Crippen molar-refractivity contribution in [3.63, 3.8) is 0 Å². The van der Waals surface area contributed by atoms with Gasteiger partial charge in [0.05, 0.1) is 5.69 Å². The Balaban J connectivity index is 2.18. The van der Waals surface area contributed by atoms with Crippen molar-refractivity contribution in [1.82, 2.24) is 15.1 Å². The topological polar surface area (TPSA) is 29.9 Å². The molecule has 3 nitrogen and oxygen atoms in total. The van der Waals surface area contributed by atoms with Crippen LogP contribution >= 0.6 is 0 Å². The van der Waals surface area contributed by atoms with E-state index in [4.69, 9.17) is 0 Å². The van der Waals surface area contributed by atoms with E-state index in [1.54, 1.807) is 0 Å². The Kier molecular flexibility index (Phi) is 1.37. The third-order valence-corrected chi connectivity index (χ3v) is 3.42. The smallest absolute Gasteiger partial charge is 0.0644 e. The Morgan fingerprint density at radius 1 is 1.46 bits per heavy atom. The number of aryl methyl sites for hydroxylation is 2. The fourth-order valence-corrected chi connectivity index (χ4v) is 2.86. The van der Waals surface area contributed by atoms with Crippen LogP contribution in [0.2, 0.25) is 0 Å². The first-order valence-electron chi connectivity index (χ1n) is 5.04. The molecule has 2 aliphatic heterocycles. The number of hydrogen-bond acceptors (Lipinski definition) is 2. The van der Waals surface area contributed by atoms with E-state index in [0.717, 1.165) is 0 Å². The molecule has 3 heteroatoms. The van der Waals surface area contributed by atoms with E-state index in [1.807, 2.05) is 0 Å². The molecule has 0 radical (unpaired) electrons. The number of aromatic nitrogens is 2. The number of hydrogen-bond donors (Lipinski definition) is 1. The van der Waals surface area contributed by atoms with Crippen molar-refractivity contribution in [2.24, 2.45) is 7.05 Å². The number of fused-ring (bicyclic) bond motifs is 4. The zero-order valence-corrected chi connectivity index (χ0v) is 8.17. The average molecular weight is 177 g/mol. The SMILES string of the molecule is Cc1nn(C)c2c1[C@@H]1CC[C@@H](C2)N1. The van der Waals surface area contributed by atoms with Gasteiger partial charge in [0.15, 0.2) is 0 Å². The fraction of sp³-hybridized carbons (Fsp3) is 0.700. The van der Waals surface area contributed by atoms with Crippen molar-refractivity contribution in [2.45, 2.75) is 38.3 Å². The van der Waals surface area contributed by atoms with Gasteiger partial charge >= 0.3 is 0 Å². The Morgan fingerprint density at radius 2 is 2.31 bits per heavy atom. The maximum Gasteiger partial charge on any atom is 0.0644 e. The third-order valence-electron chi connectivity index (χ3n) is 3.42. The van der Waals surface area contributed by atoms with Gasteiger partial charge in [-0.1, -0.05) is 0 Å². The summed E-state index contributed by atoms with van der Waals surface area (Å²) in [5, 5.41) is 8.14. The van der Waals surface area contributed by atoms with Gasteiger partial charge in [-0.15, -0.1) is 0 Å². The van der Waals surface area contributed by atoms with Crippen LogP contribution in [-0.4, -0.2) is 15.8 Å². The zero-order chi connectivity index (χ0) is 9.00. The van der Waals surface area contributed by atoms with Gasteiger partial charge in [0, 0.05) is 36.8 Å². The number of rotatable bonds is 0. The minimum absolute atomic E-state index is 0.599. The monoisotopic (exact) mass is 177 g/mol. The molecule has 0 saturated carbocycles. The molecule has 13 heavy (non-hydrogen) atoms. The molecule has 1 N–H and O–H groups in total. The van der Waals surface area contributed by atoms with Gasteiger partial charge < -0.3 is 5.32 Å². The average Bonchev–Trinajstić information content (AvgIpc) is 2.58. The summed E-state index contributed by atoms with van der Waals surface area (Å²) >= 11 is 0. The molecule has 2 atom stereocenters. The van der Waals surface area contributed by atoms with Crippen LogP contribution < -0.4 is 5.32 Å². The molecule has 0 amide bonds. The lowest BCUT2D eigenvalue weighted by Gasteiger charge is -2.22. The molecule has 70 valence electrons. The summed E-state index contributed by atoms with van der Waals surface area (Å²) in [5.41, 5.74) is 4.16. The first-order valence-corrected chi connectivity index (χ1v) is 5.04. The molecule has 0 unspecified atom stereocenters. The Morgan fingerprint density at radius 3 is 3.15 bits per heavy atom. The fourth-order valence-electron chi connectivity index (χ4n) is 2.86. The Labute approximate surface area is 78.1 Å². The van der Waals surface area contributed by atoms with E-state index < -0.39 is 0 Å². The van der Waals surface area contributed by atoms with Crippen molar-refractivity contribution in [3.05, 3.63) is 17.0 Å². The highest BCUT2D eigenvalue weighted by molar-refractivity contribution is 5.34. The summed E-state index contributed by atoms with van der Waals surface area (Å²) in [6, 6.07) is 1.31. The second kappa shape index (κ2) is 2.35. The van der Waals surface area contributed by atoms with Crippen LogP contribution in [-0.2, 0) is 13.5 Å². The first kappa shape index (κ1) is 7.56. The lowest BCUT2D eigenvalue weighted by atomic mass is 10.0. The lowest BCUT2D eigenvalue weighted by Crippen LogP contribution is -2.32. The highest BCUT2D eigenvalue weighted by atomic mass is 15.3. The molecule has 1 saturated heterocycles. The maximum atomic E-state index is 4.49. The number of nitrogens with zero attached hydrogens (tertiary/aromatic N) is 2. The Hall–Kier alpha value is -0.830.